The van der Waals surface area contributed by atoms with E-state index in [2.05, 4.69) is 0 Å². The highest BCUT2D eigenvalue weighted by atomic mass is 35.5. The Bertz CT molecular complexity index is 1160. The van der Waals surface area contributed by atoms with E-state index in [1.165, 1.54) is 11.0 Å². The molecule has 190 valence electrons. The van der Waals surface area contributed by atoms with Crippen molar-refractivity contribution in [1.82, 2.24) is 9.80 Å². The molecule has 5 nitrogen and oxygen atoms in total. The van der Waals surface area contributed by atoms with Gasteiger partial charge in [0.05, 0.1) is 24.3 Å². The molecule has 3 aromatic rings. The second-order valence-corrected chi connectivity index (χ2v) is 9.25. The zero-order valence-electron chi connectivity index (χ0n) is 19.4. The highest BCUT2D eigenvalue weighted by Crippen LogP contribution is 2.30. The number of aliphatic hydroxyl groups excluding tert-OH is 1. The van der Waals surface area contributed by atoms with E-state index in [1.807, 2.05) is 47.4 Å². The van der Waals surface area contributed by atoms with Crippen LogP contribution in [0.5, 0.6) is 0 Å². The Kier molecular flexibility index (Phi) is 8.18. The number of benzene rings is 3. The number of hydrogen-bond donors (Lipinski definition) is 1. The summed E-state index contributed by atoms with van der Waals surface area (Å²) in [5.74, 6) is 0. The molecule has 3 aromatic carbocycles. The van der Waals surface area contributed by atoms with Gasteiger partial charge in [-0.15, -0.1) is 0 Å². The first-order valence-electron chi connectivity index (χ1n) is 11.5. The van der Waals surface area contributed by atoms with Crippen LogP contribution < -0.4 is 0 Å². The van der Waals surface area contributed by atoms with Gasteiger partial charge in [0, 0.05) is 24.7 Å². The number of ether oxygens (including phenoxy) is 1. The lowest BCUT2D eigenvalue weighted by Gasteiger charge is -2.31. The summed E-state index contributed by atoms with van der Waals surface area (Å²) in [6.45, 7) is 0.859. The molecule has 1 aliphatic heterocycles. The molecule has 0 unspecified atom stereocenters. The van der Waals surface area contributed by atoms with Crippen molar-refractivity contribution in [3.63, 3.8) is 0 Å². The van der Waals surface area contributed by atoms with E-state index in [9.17, 15) is 23.1 Å². The van der Waals surface area contributed by atoms with Gasteiger partial charge in [-0.1, -0.05) is 72.3 Å². The smallest absolute Gasteiger partial charge is 0.416 e. The molecule has 0 radical (unpaired) electrons. The van der Waals surface area contributed by atoms with Crippen molar-refractivity contribution in [3.05, 3.63) is 106 Å². The Labute approximate surface area is 212 Å². The Morgan fingerprint density at radius 2 is 1.61 bits per heavy atom. The molecular formula is C27H26ClF3N2O3. The fourth-order valence-corrected chi connectivity index (χ4v) is 4.41. The summed E-state index contributed by atoms with van der Waals surface area (Å²) in [6.07, 6.45) is -5.90. The number of aliphatic hydroxyl groups is 1. The molecular weight excluding hydrogens is 493 g/mol. The third-order valence-electron chi connectivity index (χ3n) is 6.13. The zero-order valence-corrected chi connectivity index (χ0v) is 20.1. The lowest BCUT2D eigenvalue weighted by atomic mass is 10.1. The van der Waals surface area contributed by atoms with Crippen LogP contribution in [0.1, 0.15) is 22.3 Å². The van der Waals surface area contributed by atoms with Crippen LogP contribution in [-0.4, -0.2) is 46.2 Å². The first-order valence-corrected chi connectivity index (χ1v) is 11.8. The molecule has 0 aromatic heterocycles. The van der Waals surface area contributed by atoms with Gasteiger partial charge in [0.2, 0.25) is 0 Å². The fourth-order valence-electron chi connectivity index (χ4n) is 4.28. The molecule has 9 heteroatoms. The first-order chi connectivity index (χ1) is 17.2. The Morgan fingerprint density at radius 3 is 2.31 bits per heavy atom. The molecule has 0 aliphatic carbocycles. The number of hydrogen-bond acceptors (Lipinski definition) is 4. The van der Waals surface area contributed by atoms with E-state index in [0.717, 1.165) is 23.3 Å². The summed E-state index contributed by atoms with van der Waals surface area (Å²) in [7, 11) is 0. The monoisotopic (exact) mass is 518 g/mol. The summed E-state index contributed by atoms with van der Waals surface area (Å²) in [5, 5.41) is 11.4. The second-order valence-electron chi connectivity index (χ2n) is 8.81. The van der Waals surface area contributed by atoms with Gasteiger partial charge in [-0.25, -0.2) is 4.79 Å². The molecule has 1 amide bonds. The van der Waals surface area contributed by atoms with Crippen LogP contribution in [0.3, 0.4) is 0 Å². The third kappa shape index (κ3) is 6.78. The van der Waals surface area contributed by atoms with Gasteiger partial charge in [0.25, 0.3) is 0 Å². The topological polar surface area (TPSA) is 53.0 Å². The predicted octanol–water partition coefficient (Wildman–Crippen LogP) is 5.74. The first kappa shape index (κ1) is 26.0. The van der Waals surface area contributed by atoms with Crippen LogP contribution in [-0.2, 0) is 30.6 Å². The summed E-state index contributed by atoms with van der Waals surface area (Å²) in [5.41, 5.74) is 1.44. The molecule has 0 bridgehead atoms. The predicted molar refractivity (Wildman–Crippen MR) is 130 cm³/mol. The summed E-state index contributed by atoms with van der Waals surface area (Å²) in [6, 6.07) is 21.0. The van der Waals surface area contributed by atoms with Gasteiger partial charge in [-0.05, 0) is 34.9 Å². The number of β-amino-alcohol motifs (C(OH)–C–C–N with tert-alkyl or cyclic N) is 1. The average Bonchev–Trinajstić information content (AvgIpc) is 3.25. The molecule has 1 saturated heterocycles. The van der Waals surface area contributed by atoms with Crippen molar-refractivity contribution in [2.45, 2.75) is 38.0 Å². The molecule has 2 atom stereocenters. The summed E-state index contributed by atoms with van der Waals surface area (Å²) >= 11 is 6.00. The Morgan fingerprint density at radius 1 is 0.944 bits per heavy atom. The minimum absolute atomic E-state index is 0.0675. The zero-order chi connectivity index (χ0) is 25.7. The lowest BCUT2D eigenvalue weighted by molar-refractivity contribution is -0.137. The maximum atomic E-state index is 13.3. The van der Waals surface area contributed by atoms with Gasteiger partial charge in [-0.3, -0.25) is 4.90 Å². The number of amides is 1. The van der Waals surface area contributed by atoms with Crippen molar-refractivity contribution in [2.24, 2.45) is 0 Å². The third-order valence-corrected chi connectivity index (χ3v) is 6.38. The lowest BCUT2D eigenvalue weighted by Crippen LogP contribution is -2.42. The molecule has 1 fully saturated rings. The quantitative estimate of drug-likeness (QED) is 0.433. The molecule has 0 spiro atoms. The van der Waals surface area contributed by atoms with Crippen molar-refractivity contribution >= 4 is 17.7 Å². The van der Waals surface area contributed by atoms with Gasteiger partial charge >= 0.3 is 12.3 Å². The van der Waals surface area contributed by atoms with Crippen LogP contribution in [0.2, 0.25) is 5.02 Å². The minimum atomic E-state index is -4.46. The number of nitrogens with zero attached hydrogens (tertiary/aromatic N) is 2. The van der Waals surface area contributed by atoms with E-state index < -0.39 is 30.0 Å². The number of rotatable bonds is 7. The number of carbonyl (C=O) groups is 1. The van der Waals surface area contributed by atoms with Crippen molar-refractivity contribution in [1.29, 1.82) is 0 Å². The van der Waals surface area contributed by atoms with Crippen LogP contribution in [0.4, 0.5) is 18.0 Å². The normalized spacial score (nSPS) is 18.0. The van der Waals surface area contributed by atoms with Crippen LogP contribution in [0, 0.1) is 0 Å². The van der Waals surface area contributed by atoms with Crippen LogP contribution in [0.15, 0.2) is 78.9 Å². The maximum Gasteiger partial charge on any atom is 0.416 e. The number of carbonyl (C=O) groups excluding carboxylic acids is 1. The molecule has 36 heavy (non-hydrogen) atoms. The van der Waals surface area contributed by atoms with E-state index in [0.29, 0.717) is 17.1 Å². The number of alkyl halides is 3. The second kappa shape index (κ2) is 11.3. The van der Waals surface area contributed by atoms with E-state index in [1.54, 1.807) is 18.2 Å². The highest BCUT2D eigenvalue weighted by Gasteiger charge is 2.39. The highest BCUT2D eigenvalue weighted by molar-refractivity contribution is 6.30. The number of likely N-dealkylation sites (tertiary alicyclic amines) is 1. The average molecular weight is 519 g/mol. The van der Waals surface area contributed by atoms with Crippen LogP contribution >= 0.6 is 11.6 Å². The SMILES string of the molecule is O=C(OCc1ccccc1)N1C[C@@H](O)[C@H](N(Cc2ccc(Cl)cc2)Cc2cccc(C(F)(F)F)c2)C1. The fraction of sp³-hybridized carbons (Fsp3) is 0.296. The molecule has 1 aliphatic rings. The van der Waals surface area contributed by atoms with Gasteiger partial charge in [0.1, 0.15) is 6.61 Å². The summed E-state index contributed by atoms with van der Waals surface area (Å²) in [4.78, 5) is 16.0. The summed E-state index contributed by atoms with van der Waals surface area (Å²) < 4.78 is 45.2. The molecule has 1 heterocycles. The standard InChI is InChI=1S/C27H26ClF3N2O3/c28-23-11-9-19(10-12-23)14-32(15-21-7-4-8-22(13-21)27(29,30)31)24-16-33(17-25(24)34)26(35)36-18-20-5-2-1-3-6-20/h1-13,24-25,34H,14-18H2/t24-,25-/m1/s1. The van der Waals surface area contributed by atoms with E-state index in [-0.39, 0.29) is 26.2 Å². The van der Waals surface area contributed by atoms with E-state index in [4.69, 9.17) is 16.3 Å². The Balaban J connectivity index is 1.50. The molecule has 4 rings (SSSR count). The maximum absolute atomic E-state index is 13.3. The largest absolute Gasteiger partial charge is 0.445 e. The van der Waals surface area contributed by atoms with Gasteiger partial charge in [0.15, 0.2) is 0 Å². The van der Waals surface area contributed by atoms with Crippen LogP contribution in [0.25, 0.3) is 0 Å². The number of halogens is 4. The van der Waals surface area contributed by atoms with E-state index >= 15 is 0 Å². The molecule has 0 saturated carbocycles. The minimum Gasteiger partial charge on any atom is -0.445 e. The van der Waals surface area contributed by atoms with Crippen molar-refractivity contribution < 1.29 is 27.8 Å². The molecule has 1 N–H and O–H groups in total. The van der Waals surface area contributed by atoms with Crippen molar-refractivity contribution in [2.75, 3.05) is 13.1 Å². The Hall–Kier alpha value is -3.07. The van der Waals surface area contributed by atoms with Gasteiger partial charge in [-0.2, -0.15) is 13.2 Å². The van der Waals surface area contributed by atoms with Gasteiger partial charge < -0.3 is 14.7 Å². The van der Waals surface area contributed by atoms with Crippen molar-refractivity contribution in [3.8, 4) is 0 Å².